The molecule has 2 heterocycles. The fourth-order valence-electron chi connectivity index (χ4n) is 4.56. The molecule has 7 nitrogen and oxygen atoms in total. The van der Waals surface area contributed by atoms with Gasteiger partial charge in [-0.15, -0.1) is 0 Å². The fourth-order valence-corrected chi connectivity index (χ4v) is 4.56. The molecular weight excluding hydrogens is 409 g/mol. The third-order valence-electron chi connectivity index (χ3n) is 6.26. The second-order valence-electron chi connectivity index (χ2n) is 9.59. The highest BCUT2D eigenvalue weighted by Gasteiger charge is 2.29. The van der Waals surface area contributed by atoms with E-state index >= 15 is 0 Å². The lowest BCUT2D eigenvalue weighted by Gasteiger charge is -2.30. The predicted molar refractivity (Wildman–Crippen MR) is 124 cm³/mol. The van der Waals surface area contributed by atoms with Crippen LogP contribution in [0.15, 0.2) is 29.7 Å². The van der Waals surface area contributed by atoms with Crippen molar-refractivity contribution >= 4 is 23.6 Å². The van der Waals surface area contributed by atoms with E-state index in [0.717, 1.165) is 56.1 Å². The molecule has 32 heavy (non-hydrogen) atoms. The number of amides is 2. The lowest BCUT2D eigenvalue weighted by atomic mass is 9.81. The quantitative estimate of drug-likeness (QED) is 0.499. The van der Waals surface area contributed by atoms with Crippen LogP contribution in [0.3, 0.4) is 0 Å². The van der Waals surface area contributed by atoms with Crippen molar-refractivity contribution in [3.05, 3.63) is 35.9 Å². The minimum Gasteiger partial charge on any atom is -0.354 e. The number of rotatable bonds is 7. The van der Waals surface area contributed by atoms with Crippen molar-refractivity contribution < 1.29 is 14.0 Å². The Kier molecular flexibility index (Phi) is 7.64. The van der Waals surface area contributed by atoms with Gasteiger partial charge in [-0.3, -0.25) is 14.3 Å². The molecule has 0 saturated heterocycles. The van der Waals surface area contributed by atoms with Gasteiger partial charge in [0.15, 0.2) is 0 Å². The second kappa shape index (κ2) is 10.2. The highest BCUT2D eigenvalue weighted by atomic mass is 19.1. The Morgan fingerprint density at radius 2 is 2.19 bits per heavy atom. The van der Waals surface area contributed by atoms with Crippen molar-refractivity contribution in [2.75, 3.05) is 6.67 Å². The number of aliphatic imine (C=N–C) groups is 1. The summed E-state index contributed by atoms with van der Waals surface area (Å²) in [6.45, 7) is 10.3. The van der Waals surface area contributed by atoms with Crippen LogP contribution in [0.25, 0.3) is 5.57 Å². The largest absolute Gasteiger partial charge is 0.354 e. The minimum atomic E-state index is -0.731. The molecule has 1 aliphatic heterocycles. The number of fused-ring (bicyclic) bond motifs is 1. The molecule has 1 aliphatic carbocycles. The molecule has 1 saturated carbocycles. The van der Waals surface area contributed by atoms with Gasteiger partial charge in [-0.05, 0) is 49.2 Å². The zero-order valence-corrected chi connectivity index (χ0v) is 19.3. The summed E-state index contributed by atoms with van der Waals surface area (Å²) in [5.74, 6) is -0.238. The van der Waals surface area contributed by atoms with Gasteiger partial charge < -0.3 is 10.6 Å². The van der Waals surface area contributed by atoms with Crippen LogP contribution in [0.1, 0.15) is 64.1 Å². The van der Waals surface area contributed by atoms with Gasteiger partial charge in [0.2, 0.25) is 11.8 Å². The molecular formula is C24H34FN5O2. The minimum absolute atomic E-state index is 0.00367. The summed E-state index contributed by atoms with van der Waals surface area (Å²) in [6.07, 6.45) is 9.60. The maximum absolute atomic E-state index is 12.9. The van der Waals surface area contributed by atoms with E-state index in [-0.39, 0.29) is 35.0 Å². The summed E-state index contributed by atoms with van der Waals surface area (Å²) in [6, 6.07) is -0.00367. The van der Waals surface area contributed by atoms with Crippen LogP contribution >= 0.6 is 0 Å². The van der Waals surface area contributed by atoms with Gasteiger partial charge in [0.1, 0.15) is 12.5 Å². The van der Waals surface area contributed by atoms with E-state index < -0.39 is 6.67 Å². The van der Waals surface area contributed by atoms with Gasteiger partial charge in [0.05, 0.1) is 6.20 Å². The van der Waals surface area contributed by atoms with Crippen molar-refractivity contribution in [2.45, 2.75) is 71.9 Å². The van der Waals surface area contributed by atoms with Crippen LogP contribution in [0.2, 0.25) is 0 Å². The molecule has 0 spiro atoms. The first-order chi connectivity index (χ1) is 15.2. The molecule has 1 fully saturated rings. The number of alkyl halides is 1. The number of aromatic nitrogens is 2. The highest BCUT2D eigenvalue weighted by Crippen LogP contribution is 2.34. The van der Waals surface area contributed by atoms with Crippen molar-refractivity contribution in [2.24, 2.45) is 16.3 Å². The highest BCUT2D eigenvalue weighted by molar-refractivity contribution is 5.83. The van der Waals surface area contributed by atoms with Crippen molar-refractivity contribution in [3.8, 4) is 0 Å². The van der Waals surface area contributed by atoms with Gasteiger partial charge in [0.25, 0.3) is 0 Å². The number of nitrogens with zero attached hydrogens (tertiary/aromatic N) is 3. The summed E-state index contributed by atoms with van der Waals surface area (Å²) in [5, 5.41) is 10.2. The first-order valence-corrected chi connectivity index (χ1v) is 11.3. The molecule has 0 radical (unpaired) electrons. The number of nitrogens with one attached hydrogen (secondary N) is 2. The number of halogens is 1. The predicted octanol–water partition coefficient (Wildman–Crippen LogP) is 3.56. The van der Waals surface area contributed by atoms with E-state index in [1.165, 1.54) is 6.92 Å². The Bertz CT molecular complexity index is 931. The molecule has 1 aromatic rings. The first-order valence-electron chi connectivity index (χ1n) is 11.3. The maximum Gasteiger partial charge on any atom is 0.228 e. The van der Waals surface area contributed by atoms with Crippen LogP contribution < -0.4 is 10.6 Å². The van der Waals surface area contributed by atoms with Crippen LogP contribution in [0.5, 0.6) is 0 Å². The number of allylic oxidation sites excluding steroid dienone is 2. The first kappa shape index (κ1) is 23.9. The van der Waals surface area contributed by atoms with Crippen LogP contribution in [0, 0.1) is 11.3 Å². The molecule has 8 heteroatoms. The number of hydrogen-bond acceptors (Lipinski definition) is 4. The van der Waals surface area contributed by atoms with Gasteiger partial charge in [-0.2, -0.15) is 5.10 Å². The molecule has 174 valence electrons. The molecule has 1 aromatic heterocycles. The Hall–Kier alpha value is -2.77. The second-order valence-corrected chi connectivity index (χ2v) is 9.59. The zero-order valence-electron chi connectivity index (χ0n) is 19.3. The molecule has 0 bridgehead atoms. The molecule has 3 rings (SSSR count). The Labute approximate surface area is 189 Å². The van der Waals surface area contributed by atoms with Gasteiger partial charge in [-0.25, -0.2) is 9.38 Å². The third kappa shape index (κ3) is 6.14. The normalized spacial score (nSPS) is 22.9. The SMILES string of the molecule is C=C(/C=C(\N=C/CF)NC(=O)[C@H]1CCC[C@@H](NC(C)=O)C1)c1cnn2c1CC(C)(C)CC2. The van der Waals surface area contributed by atoms with Crippen LogP contribution in [-0.4, -0.2) is 40.5 Å². The van der Waals surface area contributed by atoms with Gasteiger partial charge in [0, 0.05) is 42.9 Å². The van der Waals surface area contributed by atoms with Gasteiger partial charge >= 0.3 is 0 Å². The van der Waals surface area contributed by atoms with Crippen LogP contribution in [0.4, 0.5) is 4.39 Å². The summed E-state index contributed by atoms with van der Waals surface area (Å²) in [5.41, 5.74) is 2.90. The summed E-state index contributed by atoms with van der Waals surface area (Å²) in [7, 11) is 0. The average Bonchev–Trinajstić information content (AvgIpc) is 3.13. The smallest absolute Gasteiger partial charge is 0.228 e. The molecule has 2 atom stereocenters. The van der Waals surface area contributed by atoms with Crippen LogP contribution in [-0.2, 0) is 22.6 Å². The maximum atomic E-state index is 12.9. The number of hydrogen-bond donors (Lipinski definition) is 2. The standard InChI is InChI=1S/C24H34FN5O2/c1-16(20-15-27-30-11-8-24(3,4)14-21(20)30)12-22(26-10-9-25)29-23(32)18-6-5-7-19(13-18)28-17(2)31/h10,12,15,18-19H,1,5-9,11,13-14H2,2-4H3,(H,28,31)(H,29,32)/b22-12+,26-10-/t18-,19+/m0/s1. The molecule has 0 aromatic carbocycles. The molecule has 2 aliphatic rings. The lowest BCUT2D eigenvalue weighted by Crippen LogP contribution is -2.41. The Morgan fingerprint density at radius 3 is 2.91 bits per heavy atom. The molecule has 0 unspecified atom stereocenters. The van der Waals surface area contributed by atoms with Crippen molar-refractivity contribution in [1.82, 2.24) is 20.4 Å². The van der Waals surface area contributed by atoms with E-state index in [4.69, 9.17) is 0 Å². The monoisotopic (exact) mass is 443 g/mol. The number of aryl methyl sites for hydroxylation is 1. The molecule has 2 N–H and O–H groups in total. The Balaban J connectivity index is 1.75. The van der Waals surface area contributed by atoms with E-state index in [9.17, 15) is 14.0 Å². The van der Waals surface area contributed by atoms with Gasteiger partial charge in [-0.1, -0.05) is 26.8 Å². The number of carbonyl (C=O) groups excluding carboxylic acids is 2. The number of carbonyl (C=O) groups is 2. The fraction of sp³-hybridized carbons (Fsp3) is 0.583. The van der Waals surface area contributed by atoms with Crippen molar-refractivity contribution in [3.63, 3.8) is 0 Å². The zero-order chi connectivity index (χ0) is 23.3. The van der Waals surface area contributed by atoms with E-state index in [1.54, 1.807) is 12.3 Å². The summed E-state index contributed by atoms with van der Waals surface area (Å²) < 4.78 is 14.8. The van der Waals surface area contributed by atoms with E-state index in [0.29, 0.717) is 12.0 Å². The third-order valence-corrected chi connectivity index (χ3v) is 6.26. The Morgan fingerprint density at radius 1 is 1.41 bits per heavy atom. The molecule has 2 amide bonds. The van der Waals surface area contributed by atoms with E-state index in [2.05, 4.69) is 41.2 Å². The summed E-state index contributed by atoms with van der Waals surface area (Å²) in [4.78, 5) is 28.4. The van der Waals surface area contributed by atoms with Crippen molar-refractivity contribution in [1.29, 1.82) is 0 Å². The summed E-state index contributed by atoms with van der Waals surface area (Å²) >= 11 is 0. The van der Waals surface area contributed by atoms with E-state index in [1.807, 2.05) is 4.68 Å². The average molecular weight is 444 g/mol. The topological polar surface area (TPSA) is 88.4 Å². The lowest BCUT2D eigenvalue weighted by molar-refractivity contribution is -0.126.